The molecule has 4 heteroatoms. The van der Waals surface area contributed by atoms with Crippen molar-refractivity contribution >= 4 is 11.6 Å². The zero-order valence-corrected chi connectivity index (χ0v) is 10.1. The first-order valence-corrected chi connectivity index (χ1v) is 5.68. The Bertz CT molecular complexity index is 416. The number of nitrogens with two attached hydrogens (primary N) is 1. The predicted octanol–water partition coefficient (Wildman–Crippen LogP) is 2.87. The normalized spacial score (nSPS) is 19.3. The molecule has 1 unspecified atom stereocenters. The fourth-order valence-electron chi connectivity index (χ4n) is 2.17. The van der Waals surface area contributed by atoms with Gasteiger partial charge in [0.25, 0.3) is 0 Å². The molecule has 1 aromatic carbocycles. The second-order valence-electron chi connectivity index (χ2n) is 4.41. The van der Waals surface area contributed by atoms with Crippen LogP contribution >= 0.6 is 11.6 Å². The van der Waals surface area contributed by atoms with E-state index in [0.29, 0.717) is 16.3 Å². The molecular weight excluding hydrogens is 229 g/mol. The summed E-state index contributed by atoms with van der Waals surface area (Å²) in [5.41, 5.74) is 6.31. The molecule has 0 aliphatic heterocycles. The number of benzene rings is 1. The van der Waals surface area contributed by atoms with Gasteiger partial charge in [0.15, 0.2) is 0 Å². The molecule has 0 heterocycles. The average Bonchev–Trinajstić information content (AvgIpc) is 3.01. The van der Waals surface area contributed by atoms with E-state index in [4.69, 9.17) is 22.1 Å². The maximum absolute atomic E-state index is 13.9. The fourth-order valence-corrected chi connectivity index (χ4v) is 2.41. The quantitative estimate of drug-likeness (QED) is 0.886. The molecule has 0 radical (unpaired) electrons. The Morgan fingerprint density at radius 2 is 2.12 bits per heavy atom. The second-order valence-corrected chi connectivity index (χ2v) is 4.82. The third-order valence-electron chi connectivity index (χ3n) is 3.44. The topological polar surface area (TPSA) is 35.2 Å². The summed E-state index contributed by atoms with van der Waals surface area (Å²) >= 11 is 6.01. The number of hydrogen-bond acceptors (Lipinski definition) is 2. The van der Waals surface area contributed by atoms with Crippen molar-refractivity contribution in [2.45, 2.75) is 31.2 Å². The molecule has 1 fully saturated rings. The van der Waals surface area contributed by atoms with Gasteiger partial charge < -0.3 is 10.5 Å². The third-order valence-corrected chi connectivity index (χ3v) is 3.73. The largest absolute Gasteiger partial charge is 0.495 e. The molecule has 2 nitrogen and oxygen atoms in total. The summed E-state index contributed by atoms with van der Waals surface area (Å²) in [6, 6.07) is 2.91. The molecule has 2 N–H and O–H groups in total. The van der Waals surface area contributed by atoms with Crippen LogP contribution in [0.1, 0.15) is 25.3 Å². The van der Waals surface area contributed by atoms with Crippen LogP contribution in [0, 0.1) is 5.82 Å². The number of rotatable bonds is 3. The van der Waals surface area contributed by atoms with Crippen LogP contribution in [0.25, 0.3) is 0 Å². The minimum absolute atomic E-state index is 0.0635. The predicted molar refractivity (Wildman–Crippen MR) is 62.5 cm³/mol. The van der Waals surface area contributed by atoms with E-state index in [1.807, 2.05) is 6.92 Å². The summed E-state index contributed by atoms with van der Waals surface area (Å²) < 4.78 is 18.9. The Morgan fingerprint density at radius 3 is 2.56 bits per heavy atom. The molecule has 0 aromatic heterocycles. The van der Waals surface area contributed by atoms with Crippen LogP contribution in [0.3, 0.4) is 0 Å². The number of hydrogen-bond donors (Lipinski definition) is 1. The first-order chi connectivity index (χ1) is 7.51. The lowest BCUT2D eigenvalue weighted by Crippen LogP contribution is -2.32. The Kier molecular flexibility index (Phi) is 2.84. The summed E-state index contributed by atoms with van der Waals surface area (Å²) in [5.74, 6) is 0.0828. The highest BCUT2D eigenvalue weighted by molar-refractivity contribution is 6.32. The molecule has 0 amide bonds. The maximum Gasteiger partial charge on any atom is 0.140 e. The van der Waals surface area contributed by atoms with Crippen molar-refractivity contribution in [3.63, 3.8) is 0 Å². The standard InChI is InChI=1S/C12H15ClFNO/c1-7(15)12(3-4-12)8-5-9(13)11(16-2)6-10(8)14/h5-7H,3-4,15H2,1-2H3. The molecular formula is C12H15ClFNO. The van der Waals surface area contributed by atoms with Crippen LogP contribution in [0.2, 0.25) is 5.02 Å². The highest BCUT2D eigenvalue weighted by Gasteiger charge is 2.49. The Labute approximate surface area is 99.5 Å². The van der Waals surface area contributed by atoms with Crippen LogP contribution < -0.4 is 10.5 Å². The maximum atomic E-state index is 13.9. The van der Waals surface area contributed by atoms with Gasteiger partial charge >= 0.3 is 0 Å². The van der Waals surface area contributed by atoms with E-state index in [1.54, 1.807) is 6.07 Å². The van der Waals surface area contributed by atoms with E-state index < -0.39 is 0 Å². The van der Waals surface area contributed by atoms with Crippen molar-refractivity contribution < 1.29 is 9.13 Å². The van der Waals surface area contributed by atoms with Crippen molar-refractivity contribution in [2.75, 3.05) is 7.11 Å². The summed E-state index contributed by atoms with van der Waals surface area (Å²) in [4.78, 5) is 0. The molecule has 1 aliphatic rings. The lowest BCUT2D eigenvalue weighted by Gasteiger charge is -2.21. The zero-order valence-electron chi connectivity index (χ0n) is 9.39. The van der Waals surface area contributed by atoms with E-state index in [9.17, 15) is 4.39 Å². The minimum atomic E-state index is -0.281. The van der Waals surface area contributed by atoms with E-state index in [-0.39, 0.29) is 17.3 Å². The Morgan fingerprint density at radius 1 is 1.50 bits per heavy atom. The monoisotopic (exact) mass is 243 g/mol. The molecule has 0 spiro atoms. The third kappa shape index (κ3) is 1.68. The van der Waals surface area contributed by atoms with E-state index in [2.05, 4.69) is 0 Å². The van der Waals surface area contributed by atoms with Gasteiger partial charge in [-0.25, -0.2) is 4.39 Å². The van der Waals surface area contributed by atoms with Gasteiger partial charge in [-0.3, -0.25) is 0 Å². The van der Waals surface area contributed by atoms with E-state index in [0.717, 1.165) is 12.8 Å². The summed E-state index contributed by atoms with van der Waals surface area (Å²) in [5, 5.41) is 0.436. The van der Waals surface area contributed by atoms with Crippen molar-refractivity contribution in [1.29, 1.82) is 0 Å². The van der Waals surface area contributed by atoms with Crippen LogP contribution in [0.5, 0.6) is 5.75 Å². The average molecular weight is 244 g/mol. The van der Waals surface area contributed by atoms with Gasteiger partial charge in [-0.1, -0.05) is 11.6 Å². The molecule has 2 rings (SSSR count). The van der Waals surface area contributed by atoms with Crippen molar-refractivity contribution in [2.24, 2.45) is 5.73 Å². The van der Waals surface area contributed by atoms with Gasteiger partial charge in [0.1, 0.15) is 11.6 Å². The van der Waals surface area contributed by atoms with Gasteiger partial charge in [0, 0.05) is 17.5 Å². The minimum Gasteiger partial charge on any atom is -0.495 e. The highest BCUT2D eigenvalue weighted by Crippen LogP contribution is 2.52. The number of halogens is 2. The van der Waals surface area contributed by atoms with Crippen LogP contribution in [-0.4, -0.2) is 13.2 Å². The molecule has 1 aliphatic carbocycles. The lowest BCUT2D eigenvalue weighted by atomic mass is 9.89. The van der Waals surface area contributed by atoms with Crippen LogP contribution in [0.4, 0.5) is 4.39 Å². The highest BCUT2D eigenvalue weighted by atomic mass is 35.5. The van der Waals surface area contributed by atoms with Crippen LogP contribution in [-0.2, 0) is 5.41 Å². The van der Waals surface area contributed by atoms with Crippen molar-refractivity contribution in [3.8, 4) is 5.75 Å². The summed E-state index contributed by atoms with van der Waals surface area (Å²) in [7, 11) is 1.47. The van der Waals surface area contributed by atoms with E-state index >= 15 is 0 Å². The van der Waals surface area contributed by atoms with Gasteiger partial charge in [-0.15, -0.1) is 0 Å². The molecule has 16 heavy (non-hydrogen) atoms. The lowest BCUT2D eigenvalue weighted by molar-refractivity contribution is 0.409. The molecule has 1 saturated carbocycles. The first-order valence-electron chi connectivity index (χ1n) is 5.30. The van der Waals surface area contributed by atoms with Crippen molar-refractivity contribution in [1.82, 2.24) is 0 Å². The van der Waals surface area contributed by atoms with Gasteiger partial charge in [0.05, 0.1) is 12.1 Å². The number of methoxy groups -OCH3 is 1. The fraction of sp³-hybridized carbons (Fsp3) is 0.500. The van der Waals surface area contributed by atoms with Crippen LogP contribution in [0.15, 0.2) is 12.1 Å². The first kappa shape index (κ1) is 11.7. The summed E-state index contributed by atoms with van der Waals surface area (Å²) in [6.45, 7) is 1.91. The van der Waals surface area contributed by atoms with Crippen molar-refractivity contribution in [3.05, 3.63) is 28.5 Å². The SMILES string of the molecule is COc1cc(F)c(C2(C(C)N)CC2)cc1Cl. The molecule has 0 bridgehead atoms. The van der Waals surface area contributed by atoms with E-state index in [1.165, 1.54) is 13.2 Å². The molecule has 1 atom stereocenters. The van der Waals surface area contributed by atoms with Gasteiger partial charge in [-0.2, -0.15) is 0 Å². The van der Waals surface area contributed by atoms with Gasteiger partial charge in [-0.05, 0) is 31.4 Å². The molecule has 1 aromatic rings. The molecule has 88 valence electrons. The molecule has 0 saturated heterocycles. The Balaban J connectivity index is 2.47. The number of ether oxygens (including phenoxy) is 1. The second kappa shape index (κ2) is 3.90. The zero-order chi connectivity index (χ0) is 11.9. The Hall–Kier alpha value is -0.800. The van der Waals surface area contributed by atoms with Gasteiger partial charge in [0.2, 0.25) is 0 Å². The summed E-state index contributed by atoms with van der Waals surface area (Å²) in [6.07, 6.45) is 1.84. The smallest absolute Gasteiger partial charge is 0.140 e.